The molecule has 106 valence electrons. The van der Waals surface area contributed by atoms with Crippen LogP contribution < -0.4 is 10.6 Å². The first-order valence-corrected chi connectivity index (χ1v) is 6.56. The number of anilines is 2. The van der Waals surface area contributed by atoms with E-state index in [-0.39, 0.29) is 5.95 Å². The van der Waals surface area contributed by atoms with Crippen LogP contribution in [0.25, 0.3) is 5.95 Å². The van der Waals surface area contributed by atoms with Crippen molar-refractivity contribution in [3.05, 3.63) is 18.5 Å². The van der Waals surface area contributed by atoms with Crippen LogP contribution in [0.1, 0.15) is 6.42 Å². The zero-order chi connectivity index (χ0) is 14.1. The van der Waals surface area contributed by atoms with E-state index in [4.69, 9.17) is 5.73 Å². The fourth-order valence-corrected chi connectivity index (χ4v) is 2.35. The van der Waals surface area contributed by atoms with E-state index >= 15 is 0 Å². The van der Waals surface area contributed by atoms with Gasteiger partial charge >= 0.3 is 0 Å². The topological polar surface area (TPSA) is 89.0 Å². The molecule has 0 amide bonds. The minimum atomic E-state index is 0.216. The molecule has 2 N–H and O–H groups in total. The molecule has 2 aromatic rings. The maximum absolute atomic E-state index is 5.79. The van der Waals surface area contributed by atoms with Gasteiger partial charge in [-0.2, -0.15) is 20.1 Å². The van der Waals surface area contributed by atoms with Gasteiger partial charge in [0.05, 0.1) is 0 Å². The molecule has 20 heavy (non-hydrogen) atoms. The highest BCUT2D eigenvalue weighted by atomic mass is 15.4. The number of nitrogen functional groups attached to an aromatic ring is 1. The molecule has 2 aromatic heterocycles. The second kappa shape index (κ2) is 5.04. The molecule has 0 saturated carbocycles. The van der Waals surface area contributed by atoms with Crippen molar-refractivity contribution in [2.45, 2.75) is 12.5 Å². The standard InChI is InChI=1S/C12H18N8/c1-18(2)9-4-7-19(8-9)11-15-10(13)16-12(17-11)20-6-3-5-14-20/h3,5-6,9H,4,7-8H2,1-2H3,(H2,13,15,16,17). The quantitative estimate of drug-likeness (QED) is 0.827. The van der Waals surface area contributed by atoms with Gasteiger partial charge in [-0.25, -0.2) is 4.68 Å². The normalized spacial score (nSPS) is 18.9. The van der Waals surface area contributed by atoms with Gasteiger partial charge in [0.1, 0.15) is 0 Å². The highest BCUT2D eigenvalue weighted by Crippen LogP contribution is 2.19. The van der Waals surface area contributed by atoms with Crippen LogP contribution >= 0.6 is 0 Å². The lowest BCUT2D eigenvalue weighted by atomic mass is 10.2. The first kappa shape index (κ1) is 12.8. The molecule has 3 heterocycles. The Morgan fingerprint density at radius 3 is 2.70 bits per heavy atom. The van der Waals surface area contributed by atoms with E-state index in [1.165, 1.54) is 0 Å². The van der Waals surface area contributed by atoms with Crippen molar-refractivity contribution >= 4 is 11.9 Å². The number of hydrogen-bond donors (Lipinski definition) is 1. The molecular formula is C12H18N8. The van der Waals surface area contributed by atoms with Gasteiger partial charge in [-0.15, -0.1) is 0 Å². The van der Waals surface area contributed by atoms with Crippen LogP contribution in [0.5, 0.6) is 0 Å². The van der Waals surface area contributed by atoms with Gasteiger partial charge in [-0.05, 0) is 26.6 Å². The summed E-state index contributed by atoms with van der Waals surface area (Å²) in [5.74, 6) is 1.28. The van der Waals surface area contributed by atoms with Gasteiger partial charge < -0.3 is 15.5 Å². The molecule has 8 nitrogen and oxygen atoms in total. The Labute approximate surface area is 117 Å². The van der Waals surface area contributed by atoms with Crippen LogP contribution in [0.2, 0.25) is 0 Å². The molecule has 3 rings (SSSR count). The number of aromatic nitrogens is 5. The molecule has 1 unspecified atom stereocenters. The zero-order valence-electron chi connectivity index (χ0n) is 11.6. The maximum Gasteiger partial charge on any atom is 0.257 e. The molecule has 0 aromatic carbocycles. The van der Waals surface area contributed by atoms with Gasteiger partial charge in [0.15, 0.2) is 0 Å². The Bertz CT molecular complexity index is 579. The van der Waals surface area contributed by atoms with E-state index < -0.39 is 0 Å². The van der Waals surface area contributed by atoms with Gasteiger partial charge in [0.2, 0.25) is 11.9 Å². The van der Waals surface area contributed by atoms with Gasteiger partial charge in [0.25, 0.3) is 5.95 Å². The van der Waals surface area contributed by atoms with E-state index in [0.29, 0.717) is 17.9 Å². The van der Waals surface area contributed by atoms with Crippen LogP contribution in [0.3, 0.4) is 0 Å². The zero-order valence-corrected chi connectivity index (χ0v) is 11.6. The van der Waals surface area contributed by atoms with E-state index in [2.05, 4.69) is 43.9 Å². The van der Waals surface area contributed by atoms with Crippen molar-refractivity contribution in [1.29, 1.82) is 0 Å². The number of nitrogens with two attached hydrogens (primary N) is 1. The van der Waals surface area contributed by atoms with Crippen LogP contribution in [-0.4, -0.2) is 62.9 Å². The summed E-state index contributed by atoms with van der Waals surface area (Å²) in [5, 5.41) is 4.12. The third-order valence-corrected chi connectivity index (χ3v) is 3.51. The second-order valence-corrected chi connectivity index (χ2v) is 5.10. The van der Waals surface area contributed by atoms with Gasteiger partial charge in [0, 0.05) is 31.5 Å². The number of hydrogen-bond acceptors (Lipinski definition) is 7. The first-order valence-electron chi connectivity index (χ1n) is 6.56. The number of rotatable bonds is 3. The third-order valence-electron chi connectivity index (χ3n) is 3.51. The van der Waals surface area contributed by atoms with Crippen molar-refractivity contribution in [3.63, 3.8) is 0 Å². The maximum atomic E-state index is 5.79. The van der Waals surface area contributed by atoms with Crippen LogP contribution in [0.4, 0.5) is 11.9 Å². The van der Waals surface area contributed by atoms with Crippen molar-refractivity contribution in [2.24, 2.45) is 0 Å². The molecule has 1 aliphatic rings. The smallest absolute Gasteiger partial charge is 0.257 e. The largest absolute Gasteiger partial charge is 0.368 e. The molecule has 1 saturated heterocycles. The van der Waals surface area contributed by atoms with E-state index in [0.717, 1.165) is 19.5 Å². The summed E-state index contributed by atoms with van der Waals surface area (Å²) in [6.45, 7) is 1.82. The predicted octanol–water partition coefficient (Wildman–Crippen LogP) is -0.220. The summed E-state index contributed by atoms with van der Waals surface area (Å²) in [7, 11) is 4.18. The van der Waals surface area contributed by atoms with Gasteiger partial charge in [-0.1, -0.05) is 0 Å². The highest BCUT2D eigenvalue weighted by Gasteiger charge is 2.26. The van der Waals surface area contributed by atoms with Crippen LogP contribution in [-0.2, 0) is 0 Å². The first-order chi connectivity index (χ1) is 9.63. The summed E-state index contributed by atoms with van der Waals surface area (Å²) in [4.78, 5) is 17.2. The molecule has 1 aliphatic heterocycles. The number of likely N-dealkylation sites (N-methyl/N-ethyl adjacent to an activating group) is 1. The van der Waals surface area contributed by atoms with E-state index in [1.807, 2.05) is 6.07 Å². The van der Waals surface area contributed by atoms with Crippen molar-refractivity contribution in [2.75, 3.05) is 37.8 Å². The lowest BCUT2D eigenvalue weighted by Gasteiger charge is -2.20. The van der Waals surface area contributed by atoms with Crippen molar-refractivity contribution < 1.29 is 0 Å². The fraction of sp³-hybridized carbons (Fsp3) is 0.500. The summed E-state index contributed by atoms with van der Waals surface area (Å²) in [6, 6.07) is 2.33. The van der Waals surface area contributed by atoms with E-state index in [1.54, 1.807) is 17.1 Å². The average molecular weight is 274 g/mol. The molecular weight excluding hydrogens is 256 g/mol. The number of nitrogens with zero attached hydrogens (tertiary/aromatic N) is 7. The molecule has 0 radical (unpaired) electrons. The molecule has 0 spiro atoms. The summed E-state index contributed by atoms with van der Waals surface area (Å²) >= 11 is 0. The Balaban J connectivity index is 1.87. The minimum Gasteiger partial charge on any atom is -0.368 e. The third kappa shape index (κ3) is 2.42. The SMILES string of the molecule is CN(C)C1CCN(c2nc(N)nc(-n3cccn3)n2)C1. The van der Waals surface area contributed by atoms with Gasteiger partial charge in [-0.3, -0.25) is 0 Å². The lowest BCUT2D eigenvalue weighted by Crippen LogP contribution is -2.32. The summed E-state index contributed by atoms with van der Waals surface area (Å²) < 4.78 is 1.58. The molecule has 8 heteroatoms. The molecule has 0 bridgehead atoms. The Morgan fingerprint density at radius 1 is 1.25 bits per heavy atom. The highest BCUT2D eigenvalue weighted by molar-refractivity contribution is 5.39. The lowest BCUT2D eigenvalue weighted by molar-refractivity contribution is 0.315. The Morgan fingerprint density at radius 2 is 2.05 bits per heavy atom. The minimum absolute atomic E-state index is 0.216. The Hall–Kier alpha value is -2.22. The molecule has 1 atom stereocenters. The van der Waals surface area contributed by atoms with Crippen molar-refractivity contribution in [1.82, 2.24) is 29.6 Å². The van der Waals surface area contributed by atoms with Crippen LogP contribution in [0.15, 0.2) is 18.5 Å². The van der Waals surface area contributed by atoms with Crippen molar-refractivity contribution in [3.8, 4) is 5.95 Å². The van der Waals surface area contributed by atoms with Crippen LogP contribution in [0, 0.1) is 0 Å². The fourth-order valence-electron chi connectivity index (χ4n) is 2.35. The molecule has 1 fully saturated rings. The molecule has 0 aliphatic carbocycles. The monoisotopic (exact) mass is 274 g/mol. The Kier molecular flexibility index (Phi) is 3.23. The van der Waals surface area contributed by atoms with E-state index in [9.17, 15) is 0 Å². The predicted molar refractivity (Wildman–Crippen MR) is 75.7 cm³/mol. The average Bonchev–Trinajstić information content (AvgIpc) is 3.10. The second-order valence-electron chi connectivity index (χ2n) is 5.10. The summed E-state index contributed by atoms with van der Waals surface area (Å²) in [6.07, 6.45) is 4.55. The summed E-state index contributed by atoms with van der Waals surface area (Å²) in [5.41, 5.74) is 5.79.